The van der Waals surface area contributed by atoms with Crippen LogP contribution in [0.2, 0.25) is 18.1 Å². The Morgan fingerprint density at radius 1 is 1.00 bits per heavy atom. The monoisotopic (exact) mass is 726 g/mol. The molecule has 2 unspecified atom stereocenters. The zero-order chi connectivity index (χ0) is 36.4. The van der Waals surface area contributed by atoms with Crippen LogP contribution >= 0.6 is 0 Å². The van der Waals surface area contributed by atoms with Crippen LogP contribution in [-0.2, 0) is 23.8 Å². The second kappa shape index (κ2) is 13.5. The van der Waals surface area contributed by atoms with Gasteiger partial charge in [-0.25, -0.2) is 4.79 Å². The molecule has 6 heterocycles. The third kappa shape index (κ3) is 6.24. The number of benzene rings is 2. The smallest absolute Gasteiger partial charge is 0.407 e. The van der Waals surface area contributed by atoms with Crippen LogP contribution in [0.1, 0.15) is 83.0 Å². The first kappa shape index (κ1) is 35.6. The minimum Gasteiger partial charge on any atom is -0.465 e. The van der Waals surface area contributed by atoms with Crippen molar-refractivity contribution in [2.24, 2.45) is 0 Å². The number of aryl methyl sites for hydroxylation is 1. The molecule has 1 N–H and O–H groups in total. The van der Waals surface area contributed by atoms with Crippen LogP contribution in [-0.4, -0.2) is 102 Å². The minimum absolute atomic E-state index is 0.00984. The molecule has 4 atom stereocenters. The van der Waals surface area contributed by atoms with Gasteiger partial charge in [0.1, 0.15) is 12.4 Å². The highest BCUT2D eigenvalue weighted by molar-refractivity contribution is 6.74. The quantitative estimate of drug-likeness (QED) is 0.225. The van der Waals surface area contributed by atoms with E-state index in [-0.39, 0.29) is 22.7 Å². The Hall–Kier alpha value is -3.41. The molecule has 0 saturated carbocycles. The number of piperazine rings is 1. The van der Waals surface area contributed by atoms with Crippen molar-refractivity contribution >= 4 is 36.7 Å². The van der Waals surface area contributed by atoms with Crippen molar-refractivity contribution < 1.29 is 19.1 Å². The molecule has 5 aliphatic rings. The van der Waals surface area contributed by atoms with Crippen molar-refractivity contribution in [1.29, 1.82) is 0 Å². The lowest BCUT2D eigenvalue weighted by molar-refractivity contribution is 0.0660. The first-order valence-corrected chi connectivity index (χ1v) is 22.7. The Balaban J connectivity index is 1.08. The maximum Gasteiger partial charge on any atom is 0.407 e. The summed E-state index contributed by atoms with van der Waals surface area (Å²) in [5.74, 6) is 0.946. The number of nitrogens with zero attached hydrogens (tertiary/aromatic N) is 6. The number of amides is 1. The minimum atomic E-state index is -1.84. The first-order valence-electron chi connectivity index (χ1n) is 19.8. The Labute approximate surface area is 310 Å². The highest BCUT2D eigenvalue weighted by Gasteiger charge is 2.51. The summed E-state index contributed by atoms with van der Waals surface area (Å²) in [6, 6.07) is 14.1. The lowest BCUT2D eigenvalue weighted by atomic mass is 9.95. The van der Waals surface area contributed by atoms with Crippen molar-refractivity contribution in [3.63, 3.8) is 0 Å². The molecule has 4 saturated heterocycles. The maximum atomic E-state index is 12.2. The van der Waals surface area contributed by atoms with Gasteiger partial charge in [0.15, 0.2) is 8.32 Å². The average molecular weight is 727 g/mol. The molecule has 5 aliphatic heterocycles. The topological polar surface area (TPSA) is 94.5 Å². The van der Waals surface area contributed by atoms with E-state index in [9.17, 15) is 9.90 Å². The highest BCUT2D eigenvalue weighted by atomic mass is 28.4. The van der Waals surface area contributed by atoms with Gasteiger partial charge < -0.3 is 24.1 Å². The van der Waals surface area contributed by atoms with E-state index < -0.39 is 14.4 Å². The number of anilines is 2. The normalized spacial score (nSPS) is 26.3. The van der Waals surface area contributed by atoms with Gasteiger partial charge in [0.25, 0.3) is 0 Å². The lowest BCUT2D eigenvalue weighted by Crippen LogP contribution is -2.56. The van der Waals surface area contributed by atoms with Gasteiger partial charge in [-0.1, -0.05) is 58.0 Å². The number of carboxylic acid groups (broad SMARTS) is 1. The number of ether oxygens (including phenoxy) is 1. The van der Waals surface area contributed by atoms with Gasteiger partial charge in [0, 0.05) is 48.9 Å². The molecule has 3 aromatic rings. The van der Waals surface area contributed by atoms with E-state index in [0.29, 0.717) is 38.3 Å². The van der Waals surface area contributed by atoms with Crippen molar-refractivity contribution in [3.05, 3.63) is 53.2 Å². The average Bonchev–Trinajstić information content (AvgIpc) is 3.77. The van der Waals surface area contributed by atoms with Crippen molar-refractivity contribution in [3.8, 4) is 6.01 Å². The van der Waals surface area contributed by atoms with E-state index in [1.807, 2.05) is 0 Å². The van der Waals surface area contributed by atoms with Crippen molar-refractivity contribution in [2.75, 3.05) is 49.2 Å². The van der Waals surface area contributed by atoms with Crippen LogP contribution in [0.4, 0.5) is 16.3 Å². The number of hydrogen-bond donors (Lipinski definition) is 1. The van der Waals surface area contributed by atoms with Crippen molar-refractivity contribution in [2.45, 2.75) is 127 Å². The largest absolute Gasteiger partial charge is 0.465 e. The van der Waals surface area contributed by atoms with Crippen LogP contribution in [0.5, 0.6) is 6.01 Å². The van der Waals surface area contributed by atoms with E-state index in [2.05, 4.69) is 91.9 Å². The number of fused-ring (bicyclic) bond motifs is 5. The fourth-order valence-corrected chi connectivity index (χ4v) is 10.8. The van der Waals surface area contributed by atoms with Crippen LogP contribution in [0.15, 0.2) is 36.4 Å². The molecular weight excluding hydrogens is 669 g/mol. The highest BCUT2D eigenvalue weighted by Crippen LogP contribution is 2.45. The number of aromatic nitrogens is 2. The molecule has 280 valence electrons. The predicted molar refractivity (Wildman–Crippen MR) is 209 cm³/mol. The fraction of sp³-hybridized carbons (Fsp3) is 0.634. The molecule has 11 heteroatoms. The molecule has 1 amide bonds. The SMILES string of the molecule is CCc1cccc2cccc(N3CCc4c(nc(OCC56CCCN5C(CO[Si](C)(C)C(C)(C)C)CC6)nc4N4C[C@H]5CC[C@@H](C4)N5C(=O)O)C3)c12. The van der Waals surface area contributed by atoms with Crippen LogP contribution < -0.4 is 14.5 Å². The fourth-order valence-electron chi connectivity index (χ4n) is 9.77. The zero-order valence-corrected chi connectivity index (χ0v) is 33.2. The van der Waals surface area contributed by atoms with Gasteiger partial charge in [-0.15, -0.1) is 0 Å². The molecule has 2 bridgehead atoms. The molecule has 4 fully saturated rings. The molecular formula is C41H58N6O4Si. The van der Waals surface area contributed by atoms with E-state index in [4.69, 9.17) is 19.1 Å². The van der Waals surface area contributed by atoms with Gasteiger partial charge in [-0.2, -0.15) is 9.97 Å². The Morgan fingerprint density at radius 3 is 2.46 bits per heavy atom. The van der Waals surface area contributed by atoms with Gasteiger partial charge in [0.05, 0.1) is 29.9 Å². The van der Waals surface area contributed by atoms with Gasteiger partial charge in [-0.05, 0) is 93.1 Å². The number of rotatable bonds is 9. The van der Waals surface area contributed by atoms with E-state index in [1.165, 1.54) is 34.0 Å². The van der Waals surface area contributed by atoms with Crippen LogP contribution in [0.25, 0.3) is 10.8 Å². The molecule has 1 aromatic heterocycles. The maximum absolute atomic E-state index is 12.2. The number of hydrogen-bond acceptors (Lipinski definition) is 8. The van der Waals surface area contributed by atoms with Crippen molar-refractivity contribution in [1.82, 2.24) is 19.8 Å². The van der Waals surface area contributed by atoms with E-state index >= 15 is 0 Å². The third-order valence-corrected chi connectivity index (χ3v) is 18.2. The molecule has 10 nitrogen and oxygen atoms in total. The predicted octanol–water partition coefficient (Wildman–Crippen LogP) is 7.48. The molecule has 52 heavy (non-hydrogen) atoms. The van der Waals surface area contributed by atoms with Gasteiger partial charge >= 0.3 is 12.1 Å². The summed E-state index contributed by atoms with van der Waals surface area (Å²) >= 11 is 0. The summed E-state index contributed by atoms with van der Waals surface area (Å²) in [7, 11) is -1.84. The van der Waals surface area contributed by atoms with Gasteiger partial charge in [0.2, 0.25) is 0 Å². The second-order valence-corrected chi connectivity index (χ2v) is 22.4. The summed E-state index contributed by atoms with van der Waals surface area (Å²) in [5.41, 5.74) is 4.82. The standard InChI is InChI=1S/C41H58N6O4Si/c1-7-28-11-8-12-29-13-9-14-35(36(28)29)44-22-18-33-34(25-44)42-38(43-37(33)45-23-30-15-16-31(24-45)47(30)39(48)49)50-27-41-19-10-21-46(41)32(17-20-41)26-51-52(5,6)40(2,3)4/h8-9,11-14,30-32H,7,10,15-27H2,1-6H3,(H,48,49)/t30-,31+,32?,41?. The summed E-state index contributed by atoms with van der Waals surface area (Å²) in [4.78, 5) is 31.8. The van der Waals surface area contributed by atoms with E-state index in [0.717, 1.165) is 76.2 Å². The Kier molecular flexibility index (Phi) is 9.22. The summed E-state index contributed by atoms with van der Waals surface area (Å²) in [5, 5.41) is 12.8. The second-order valence-electron chi connectivity index (χ2n) is 17.6. The molecule has 8 rings (SSSR count). The molecule has 0 spiro atoms. The zero-order valence-electron chi connectivity index (χ0n) is 32.2. The number of carbonyl (C=O) groups is 1. The Bertz CT molecular complexity index is 1810. The Morgan fingerprint density at radius 2 is 1.75 bits per heavy atom. The third-order valence-electron chi connectivity index (χ3n) is 13.7. The summed E-state index contributed by atoms with van der Waals surface area (Å²) < 4.78 is 13.5. The lowest BCUT2D eigenvalue weighted by Gasteiger charge is -2.41. The van der Waals surface area contributed by atoms with Crippen LogP contribution in [0, 0.1) is 0 Å². The first-order chi connectivity index (χ1) is 24.9. The van der Waals surface area contributed by atoms with Crippen LogP contribution in [0.3, 0.4) is 0 Å². The summed E-state index contributed by atoms with van der Waals surface area (Å²) in [6.45, 7) is 19.2. The molecule has 0 aliphatic carbocycles. The molecule has 0 radical (unpaired) electrons. The summed E-state index contributed by atoms with van der Waals surface area (Å²) in [6.07, 6.45) is 7.34. The van der Waals surface area contributed by atoms with Gasteiger partial charge in [-0.3, -0.25) is 9.80 Å². The molecule has 2 aromatic carbocycles. The van der Waals surface area contributed by atoms with E-state index in [1.54, 1.807) is 4.90 Å².